The number of ether oxygens (including phenoxy) is 3. The van der Waals surface area contributed by atoms with E-state index in [0.29, 0.717) is 49.5 Å². The lowest BCUT2D eigenvalue weighted by Gasteiger charge is -2.34. The van der Waals surface area contributed by atoms with Crippen LogP contribution < -0.4 is 14.8 Å². The largest absolute Gasteiger partial charge is 0.454 e. The minimum atomic E-state index is -0.539. The lowest BCUT2D eigenvalue weighted by atomic mass is 9.91. The van der Waals surface area contributed by atoms with Gasteiger partial charge in [0.05, 0.1) is 23.1 Å². The van der Waals surface area contributed by atoms with Crippen molar-refractivity contribution in [2.75, 3.05) is 19.9 Å². The van der Waals surface area contributed by atoms with Gasteiger partial charge >= 0.3 is 6.09 Å². The Kier molecular flexibility index (Phi) is 6.78. The number of likely N-dealkylation sites (tertiary alicyclic amines) is 1. The van der Waals surface area contributed by atoms with Gasteiger partial charge in [-0.2, -0.15) is 5.10 Å². The molecule has 9 heteroatoms. The van der Waals surface area contributed by atoms with Gasteiger partial charge in [-0.05, 0) is 63.4 Å². The number of amides is 2. The summed E-state index contributed by atoms with van der Waals surface area (Å²) < 4.78 is 18.2. The van der Waals surface area contributed by atoms with Crippen LogP contribution in [0.5, 0.6) is 11.5 Å². The van der Waals surface area contributed by atoms with Crippen molar-refractivity contribution in [3.05, 3.63) is 71.5 Å². The molecule has 1 fully saturated rings. The Bertz CT molecular complexity index is 1270. The Morgan fingerprint density at radius 1 is 1.05 bits per heavy atom. The molecule has 2 aliphatic heterocycles. The Hall–Kier alpha value is -4.01. The van der Waals surface area contributed by atoms with E-state index in [-0.39, 0.29) is 24.7 Å². The van der Waals surface area contributed by atoms with Crippen molar-refractivity contribution in [1.82, 2.24) is 20.0 Å². The maximum atomic E-state index is 13.4. The van der Waals surface area contributed by atoms with Gasteiger partial charge in [0.1, 0.15) is 5.60 Å². The lowest BCUT2D eigenvalue weighted by molar-refractivity contribution is 0.0203. The Labute approximate surface area is 216 Å². The minimum Gasteiger partial charge on any atom is -0.454 e. The molecule has 37 heavy (non-hydrogen) atoms. The zero-order chi connectivity index (χ0) is 26.0. The number of carbonyl (C=O) groups is 2. The smallest absolute Gasteiger partial charge is 0.410 e. The van der Waals surface area contributed by atoms with Gasteiger partial charge in [-0.3, -0.25) is 4.79 Å². The van der Waals surface area contributed by atoms with E-state index < -0.39 is 5.60 Å². The number of fused-ring (bicyclic) bond motifs is 1. The number of para-hydroxylation sites is 1. The second kappa shape index (κ2) is 10.2. The van der Waals surface area contributed by atoms with Gasteiger partial charge in [0.2, 0.25) is 6.79 Å². The van der Waals surface area contributed by atoms with Crippen LogP contribution in [0, 0.1) is 0 Å². The number of benzene rings is 2. The topological polar surface area (TPSA) is 94.9 Å². The maximum Gasteiger partial charge on any atom is 0.410 e. The first-order valence-electron chi connectivity index (χ1n) is 12.6. The SMILES string of the molecule is CC(C)(C)OC(=O)N1CCC(c2c(C(=O)NCc3ccc4c(c3)OCO4)cnn2-c2ccccc2)CC1. The Morgan fingerprint density at radius 2 is 1.78 bits per heavy atom. The first-order valence-corrected chi connectivity index (χ1v) is 12.6. The molecule has 2 aromatic carbocycles. The molecule has 3 heterocycles. The number of nitrogens with one attached hydrogen (secondary N) is 1. The molecule has 194 valence electrons. The minimum absolute atomic E-state index is 0.0627. The quantitative estimate of drug-likeness (QED) is 0.544. The van der Waals surface area contributed by atoms with Crippen molar-refractivity contribution in [3.63, 3.8) is 0 Å². The molecule has 9 nitrogen and oxygen atoms in total. The molecule has 0 spiro atoms. The summed E-state index contributed by atoms with van der Waals surface area (Å²) in [6.07, 6.45) is 2.75. The number of hydrogen-bond donors (Lipinski definition) is 1. The number of piperidine rings is 1. The second-order valence-corrected chi connectivity index (χ2v) is 10.3. The molecule has 0 radical (unpaired) electrons. The van der Waals surface area contributed by atoms with Gasteiger partial charge in [0.15, 0.2) is 11.5 Å². The van der Waals surface area contributed by atoms with E-state index in [1.807, 2.05) is 74.0 Å². The molecule has 2 amide bonds. The van der Waals surface area contributed by atoms with Crippen molar-refractivity contribution >= 4 is 12.0 Å². The first-order chi connectivity index (χ1) is 17.8. The van der Waals surface area contributed by atoms with E-state index in [1.54, 1.807) is 11.1 Å². The molecular formula is C28H32N4O5. The van der Waals surface area contributed by atoms with Crippen LogP contribution >= 0.6 is 0 Å². The van der Waals surface area contributed by atoms with Crippen LogP contribution in [0.3, 0.4) is 0 Å². The fraction of sp³-hybridized carbons (Fsp3) is 0.393. The molecule has 2 aliphatic rings. The molecule has 1 saturated heterocycles. The van der Waals surface area contributed by atoms with E-state index >= 15 is 0 Å². The summed E-state index contributed by atoms with van der Waals surface area (Å²) in [5.74, 6) is 1.26. The summed E-state index contributed by atoms with van der Waals surface area (Å²) in [5, 5.41) is 7.63. The van der Waals surface area contributed by atoms with Crippen LogP contribution in [0.25, 0.3) is 5.69 Å². The van der Waals surface area contributed by atoms with Crippen LogP contribution in [0.15, 0.2) is 54.7 Å². The van der Waals surface area contributed by atoms with Crippen LogP contribution in [0.1, 0.15) is 61.1 Å². The summed E-state index contributed by atoms with van der Waals surface area (Å²) in [4.78, 5) is 27.7. The summed E-state index contributed by atoms with van der Waals surface area (Å²) >= 11 is 0. The van der Waals surface area contributed by atoms with Gasteiger partial charge in [-0.15, -0.1) is 0 Å². The average Bonchev–Trinajstić information content (AvgIpc) is 3.54. The molecule has 0 atom stereocenters. The summed E-state index contributed by atoms with van der Waals surface area (Å²) in [7, 11) is 0. The highest BCUT2D eigenvalue weighted by molar-refractivity contribution is 5.95. The van der Waals surface area contributed by atoms with Crippen LogP contribution in [-0.2, 0) is 11.3 Å². The fourth-order valence-electron chi connectivity index (χ4n) is 4.69. The average molecular weight is 505 g/mol. The lowest BCUT2D eigenvalue weighted by Crippen LogP contribution is -2.41. The van der Waals surface area contributed by atoms with Gasteiger partial charge in [-0.25, -0.2) is 9.48 Å². The molecule has 1 aromatic heterocycles. The summed E-state index contributed by atoms with van der Waals surface area (Å²) in [5.41, 5.74) is 2.67. The van der Waals surface area contributed by atoms with E-state index in [2.05, 4.69) is 10.4 Å². The fourth-order valence-corrected chi connectivity index (χ4v) is 4.69. The summed E-state index contributed by atoms with van der Waals surface area (Å²) in [6.45, 7) is 7.26. The van der Waals surface area contributed by atoms with Crippen molar-refractivity contribution < 1.29 is 23.8 Å². The summed E-state index contributed by atoms with van der Waals surface area (Å²) in [6, 6.07) is 15.4. The first kappa shape index (κ1) is 24.7. The van der Waals surface area contributed by atoms with Crippen LogP contribution in [0.4, 0.5) is 4.79 Å². The molecule has 3 aromatic rings. The van der Waals surface area contributed by atoms with E-state index in [9.17, 15) is 9.59 Å². The molecule has 0 unspecified atom stereocenters. The normalized spacial score (nSPS) is 15.5. The monoisotopic (exact) mass is 504 g/mol. The highest BCUT2D eigenvalue weighted by Gasteiger charge is 2.32. The van der Waals surface area contributed by atoms with E-state index in [1.165, 1.54) is 0 Å². The number of nitrogens with zero attached hydrogens (tertiary/aromatic N) is 3. The molecular weight excluding hydrogens is 472 g/mol. The van der Waals surface area contributed by atoms with Crippen molar-refractivity contribution in [3.8, 4) is 17.2 Å². The highest BCUT2D eigenvalue weighted by Crippen LogP contribution is 2.34. The predicted molar refractivity (Wildman–Crippen MR) is 137 cm³/mol. The number of carbonyl (C=O) groups excluding carboxylic acids is 2. The standard InChI is InChI=1S/C28H32N4O5/c1-28(2,3)37-27(34)31-13-11-20(12-14-31)25-22(17-30-32(25)21-7-5-4-6-8-21)26(33)29-16-19-9-10-23-24(15-19)36-18-35-23/h4-10,15,17,20H,11-14,16,18H2,1-3H3,(H,29,33). The predicted octanol–water partition coefficient (Wildman–Crippen LogP) is 4.65. The Balaban J connectivity index is 1.34. The third kappa shape index (κ3) is 5.55. The van der Waals surface area contributed by atoms with Gasteiger partial charge in [0.25, 0.3) is 5.91 Å². The molecule has 0 aliphatic carbocycles. The van der Waals surface area contributed by atoms with Gasteiger partial charge in [-0.1, -0.05) is 24.3 Å². The molecule has 5 rings (SSSR count). The second-order valence-electron chi connectivity index (χ2n) is 10.3. The van der Waals surface area contributed by atoms with Crippen LogP contribution in [-0.4, -0.2) is 52.2 Å². The highest BCUT2D eigenvalue weighted by atomic mass is 16.7. The zero-order valence-electron chi connectivity index (χ0n) is 21.4. The van der Waals surface area contributed by atoms with Crippen LogP contribution in [0.2, 0.25) is 0 Å². The third-order valence-corrected chi connectivity index (χ3v) is 6.48. The number of rotatable bonds is 5. The van der Waals surface area contributed by atoms with Crippen molar-refractivity contribution in [2.45, 2.75) is 51.7 Å². The zero-order valence-corrected chi connectivity index (χ0v) is 21.4. The molecule has 1 N–H and O–H groups in total. The number of hydrogen-bond acceptors (Lipinski definition) is 6. The van der Waals surface area contributed by atoms with Crippen molar-refractivity contribution in [2.24, 2.45) is 0 Å². The third-order valence-electron chi connectivity index (χ3n) is 6.48. The van der Waals surface area contributed by atoms with Gasteiger partial charge < -0.3 is 24.4 Å². The molecule has 0 bridgehead atoms. The van der Waals surface area contributed by atoms with Gasteiger partial charge in [0, 0.05) is 25.6 Å². The molecule has 0 saturated carbocycles. The Morgan fingerprint density at radius 3 is 2.51 bits per heavy atom. The van der Waals surface area contributed by atoms with E-state index in [0.717, 1.165) is 16.9 Å². The maximum absolute atomic E-state index is 13.4. The van der Waals surface area contributed by atoms with E-state index in [4.69, 9.17) is 14.2 Å². The number of aromatic nitrogens is 2. The van der Waals surface area contributed by atoms with Crippen molar-refractivity contribution in [1.29, 1.82) is 0 Å².